The van der Waals surface area contributed by atoms with E-state index in [9.17, 15) is 18.0 Å². The van der Waals surface area contributed by atoms with Gasteiger partial charge in [-0.15, -0.1) is 0 Å². The number of hydrazine groups is 1. The third-order valence-corrected chi connectivity index (χ3v) is 2.49. The molecule has 0 bridgehead atoms. The van der Waals surface area contributed by atoms with Crippen LogP contribution in [0, 0.1) is 6.92 Å². The molecule has 0 fully saturated rings. The van der Waals surface area contributed by atoms with Gasteiger partial charge in [-0.3, -0.25) is 10.6 Å². The zero-order valence-electron chi connectivity index (χ0n) is 10.6. The van der Waals surface area contributed by atoms with Crippen LogP contribution in [0.4, 0.5) is 18.9 Å². The maximum Gasteiger partial charge on any atom is 0.391 e. The topological polar surface area (TPSA) is 67.2 Å². The molecule has 1 aromatic rings. The van der Waals surface area contributed by atoms with E-state index in [2.05, 4.69) is 10.7 Å². The third-order valence-electron chi connectivity index (χ3n) is 2.49. The smallest absolute Gasteiger partial charge is 0.349 e. The lowest BCUT2D eigenvalue weighted by Crippen LogP contribution is -2.36. The minimum absolute atomic E-state index is 0.210. The Hall–Kier alpha value is -1.76. The highest BCUT2D eigenvalue weighted by atomic mass is 19.4. The molecule has 4 N–H and O–H groups in total. The summed E-state index contributed by atoms with van der Waals surface area (Å²) in [5, 5.41) is 2.29. The highest BCUT2D eigenvalue weighted by Crippen LogP contribution is 2.22. The van der Waals surface area contributed by atoms with Gasteiger partial charge in [-0.25, -0.2) is 0 Å². The van der Waals surface area contributed by atoms with E-state index in [1.54, 1.807) is 12.1 Å². The highest BCUT2D eigenvalue weighted by molar-refractivity contribution is 5.99. The first-order valence-electron chi connectivity index (χ1n) is 5.68. The van der Waals surface area contributed by atoms with Crippen molar-refractivity contribution < 1.29 is 18.0 Å². The fourth-order valence-corrected chi connectivity index (χ4v) is 1.68. The summed E-state index contributed by atoms with van der Waals surface area (Å²) in [6.07, 6.45) is -5.38. The molecule has 0 saturated heterocycles. The van der Waals surface area contributed by atoms with Gasteiger partial charge >= 0.3 is 6.18 Å². The molecular formula is C12H16F3N3O. The van der Waals surface area contributed by atoms with Gasteiger partial charge in [-0.1, -0.05) is 6.07 Å². The largest absolute Gasteiger partial charge is 0.391 e. The van der Waals surface area contributed by atoms with E-state index in [1.807, 2.05) is 6.92 Å². The molecule has 0 aromatic heterocycles. The van der Waals surface area contributed by atoms with Gasteiger partial charge in [0, 0.05) is 6.04 Å². The summed E-state index contributed by atoms with van der Waals surface area (Å²) in [6, 6.07) is 3.84. The van der Waals surface area contributed by atoms with Crippen molar-refractivity contribution in [3.8, 4) is 0 Å². The van der Waals surface area contributed by atoms with Crippen LogP contribution in [-0.4, -0.2) is 18.1 Å². The van der Waals surface area contributed by atoms with Crippen LogP contribution >= 0.6 is 0 Å². The highest BCUT2D eigenvalue weighted by Gasteiger charge is 2.30. The summed E-state index contributed by atoms with van der Waals surface area (Å²) in [6.45, 7) is 3.12. The number of nitrogen functional groups attached to an aromatic ring is 1. The quantitative estimate of drug-likeness (QED) is 0.583. The number of aryl methyl sites for hydroxylation is 1. The number of halogens is 3. The van der Waals surface area contributed by atoms with Crippen molar-refractivity contribution >= 4 is 11.6 Å². The molecule has 0 radical (unpaired) electrons. The maximum atomic E-state index is 12.2. The van der Waals surface area contributed by atoms with Gasteiger partial charge in [0.25, 0.3) is 5.91 Å². The molecule has 1 unspecified atom stereocenters. The fraction of sp³-hybridized carbons (Fsp3) is 0.417. The van der Waals surface area contributed by atoms with Crippen molar-refractivity contribution in [2.24, 2.45) is 5.84 Å². The number of hydrogen-bond acceptors (Lipinski definition) is 3. The lowest BCUT2D eigenvalue weighted by atomic mass is 10.1. The summed E-state index contributed by atoms with van der Waals surface area (Å²) in [5.41, 5.74) is 3.82. The summed E-state index contributed by atoms with van der Waals surface area (Å²) < 4.78 is 36.5. The molecule has 1 amide bonds. The predicted molar refractivity (Wildman–Crippen MR) is 66.6 cm³/mol. The second kappa shape index (κ2) is 5.92. The van der Waals surface area contributed by atoms with Gasteiger partial charge in [0.05, 0.1) is 17.7 Å². The van der Waals surface area contributed by atoms with Gasteiger partial charge in [0.2, 0.25) is 0 Å². The average Bonchev–Trinajstić information content (AvgIpc) is 2.25. The number of carbonyl (C=O) groups is 1. The van der Waals surface area contributed by atoms with Crippen molar-refractivity contribution in [3.05, 3.63) is 29.3 Å². The van der Waals surface area contributed by atoms with Crippen LogP contribution in [0.25, 0.3) is 0 Å². The van der Waals surface area contributed by atoms with Crippen LogP contribution in [0.15, 0.2) is 18.2 Å². The molecule has 1 aromatic carbocycles. The second-order valence-corrected chi connectivity index (χ2v) is 4.39. The van der Waals surface area contributed by atoms with Crippen molar-refractivity contribution in [1.82, 2.24) is 5.32 Å². The van der Waals surface area contributed by atoms with E-state index < -0.39 is 24.5 Å². The number of benzene rings is 1. The molecule has 19 heavy (non-hydrogen) atoms. The van der Waals surface area contributed by atoms with Gasteiger partial charge in [-0.2, -0.15) is 13.2 Å². The molecule has 0 aliphatic heterocycles. The minimum Gasteiger partial charge on any atom is -0.349 e. The first kappa shape index (κ1) is 15.3. The van der Waals surface area contributed by atoms with Crippen molar-refractivity contribution in [3.63, 3.8) is 0 Å². The summed E-state index contributed by atoms with van der Waals surface area (Å²) in [7, 11) is 0. The third kappa shape index (κ3) is 4.78. The Morgan fingerprint density at radius 3 is 2.58 bits per heavy atom. The van der Waals surface area contributed by atoms with Crippen LogP contribution in [0.5, 0.6) is 0 Å². The Labute approximate surface area is 109 Å². The van der Waals surface area contributed by atoms with Crippen molar-refractivity contribution in [2.45, 2.75) is 32.5 Å². The number of anilines is 1. The number of alkyl halides is 3. The predicted octanol–water partition coefficient (Wildman–Crippen LogP) is 2.35. The molecule has 0 saturated carbocycles. The second-order valence-electron chi connectivity index (χ2n) is 4.39. The van der Waals surface area contributed by atoms with E-state index in [4.69, 9.17) is 5.84 Å². The van der Waals surface area contributed by atoms with Gasteiger partial charge < -0.3 is 10.7 Å². The Kier molecular flexibility index (Phi) is 4.77. The Morgan fingerprint density at radius 2 is 2.05 bits per heavy atom. The first-order valence-corrected chi connectivity index (χ1v) is 5.68. The number of hydrogen-bond donors (Lipinski definition) is 3. The lowest BCUT2D eigenvalue weighted by Gasteiger charge is -2.17. The number of amides is 1. The molecule has 0 heterocycles. The summed E-state index contributed by atoms with van der Waals surface area (Å²) in [4.78, 5) is 11.9. The van der Waals surface area contributed by atoms with Gasteiger partial charge in [0.15, 0.2) is 0 Å². The van der Waals surface area contributed by atoms with Crippen molar-refractivity contribution in [1.29, 1.82) is 0 Å². The molecule has 4 nitrogen and oxygen atoms in total. The van der Waals surface area contributed by atoms with Crippen LogP contribution in [-0.2, 0) is 0 Å². The Bertz CT molecular complexity index is 460. The van der Waals surface area contributed by atoms with Crippen LogP contribution in [0.2, 0.25) is 0 Å². The number of rotatable bonds is 4. The lowest BCUT2D eigenvalue weighted by molar-refractivity contribution is -0.138. The monoisotopic (exact) mass is 275 g/mol. The van der Waals surface area contributed by atoms with E-state index >= 15 is 0 Å². The molecule has 106 valence electrons. The van der Waals surface area contributed by atoms with Crippen LogP contribution in [0.3, 0.4) is 0 Å². The van der Waals surface area contributed by atoms with Gasteiger partial charge in [-0.05, 0) is 31.5 Å². The molecule has 0 aliphatic rings. The normalized spacial score (nSPS) is 12.9. The molecule has 1 rings (SSSR count). The zero-order chi connectivity index (χ0) is 14.6. The summed E-state index contributed by atoms with van der Waals surface area (Å²) in [5.74, 6) is 4.69. The minimum atomic E-state index is -4.31. The molecule has 0 spiro atoms. The number of nitrogens with one attached hydrogen (secondary N) is 2. The van der Waals surface area contributed by atoms with E-state index in [1.165, 1.54) is 13.0 Å². The first-order chi connectivity index (χ1) is 8.73. The van der Waals surface area contributed by atoms with E-state index in [0.29, 0.717) is 5.69 Å². The Morgan fingerprint density at radius 1 is 1.42 bits per heavy atom. The van der Waals surface area contributed by atoms with E-state index in [-0.39, 0.29) is 5.56 Å². The molecule has 1 atom stereocenters. The molecular weight excluding hydrogens is 259 g/mol. The molecule has 7 heteroatoms. The Balaban J connectivity index is 2.78. The maximum absolute atomic E-state index is 12.2. The summed E-state index contributed by atoms with van der Waals surface area (Å²) >= 11 is 0. The number of nitrogens with two attached hydrogens (primary N) is 1. The SMILES string of the molecule is Cc1ccc(C(=O)NC(C)CC(F)(F)F)c(NN)c1. The fourth-order valence-electron chi connectivity index (χ4n) is 1.68. The molecule has 0 aliphatic carbocycles. The standard InChI is InChI=1S/C12H16F3N3O/c1-7-3-4-9(10(5-7)18-16)11(19)17-8(2)6-12(13,14)15/h3-5,8,18H,6,16H2,1-2H3,(H,17,19). The van der Waals surface area contributed by atoms with Crippen LogP contribution in [0.1, 0.15) is 29.3 Å². The van der Waals surface area contributed by atoms with Crippen molar-refractivity contribution in [2.75, 3.05) is 5.43 Å². The van der Waals surface area contributed by atoms with Gasteiger partial charge in [0.1, 0.15) is 0 Å². The van der Waals surface area contributed by atoms with E-state index in [0.717, 1.165) is 5.56 Å². The zero-order valence-corrected chi connectivity index (χ0v) is 10.6. The average molecular weight is 275 g/mol. The van der Waals surface area contributed by atoms with Crippen LogP contribution < -0.4 is 16.6 Å². The number of carbonyl (C=O) groups excluding carboxylic acids is 1.